The smallest absolute Gasteiger partial charge is 0.318 e. The van der Waals surface area contributed by atoms with E-state index in [1.54, 1.807) is 4.90 Å². The first-order valence-corrected chi connectivity index (χ1v) is 13.1. The van der Waals surface area contributed by atoms with Crippen molar-refractivity contribution in [2.45, 2.75) is 31.0 Å². The van der Waals surface area contributed by atoms with Crippen molar-refractivity contribution in [2.24, 2.45) is 0 Å². The summed E-state index contributed by atoms with van der Waals surface area (Å²) in [6.45, 7) is 3.77. The van der Waals surface area contributed by atoms with E-state index < -0.39 is 11.6 Å². The summed E-state index contributed by atoms with van der Waals surface area (Å²) >= 11 is 0. The van der Waals surface area contributed by atoms with Crippen LogP contribution in [0.5, 0.6) is 0 Å². The number of carbonyl (C=O) groups excluding carboxylic acids is 2. The van der Waals surface area contributed by atoms with Crippen molar-refractivity contribution in [3.05, 3.63) is 83.9 Å². The first-order valence-electron chi connectivity index (χ1n) is 13.1. The molecule has 3 aromatic carbocycles. The van der Waals surface area contributed by atoms with Gasteiger partial charge in [-0.15, -0.1) is 0 Å². The van der Waals surface area contributed by atoms with Gasteiger partial charge < -0.3 is 20.3 Å². The van der Waals surface area contributed by atoms with Gasteiger partial charge in [-0.3, -0.25) is 9.69 Å². The zero-order valence-electron chi connectivity index (χ0n) is 21.4. The molecule has 0 aliphatic carbocycles. The standard InChI is InChI=1S/C30H33N5O3/c31-21-30(12-13-34(22-30)20-23-6-2-1-3-7-23)33-28(36)27(32-29(37)35-14-16-38-17-15-35)19-24-10-11-25-8-4-5-9-26(25)18-24/h1-11,18,27H,12-17,19-20,22H2,(H,32,37)(H,33,36). The maximum Gasteiger partial charge on any atom is 0.318 e. The Kier molecular flexibility index (Phi) is 7.87. The van der Waals surface area contributed by atoms with E-state index in [9.17, 15) is 14.9 Å². The second-order valence-electron chi connectivity index (χ2n) is 10.1. The molecule has 2 atom stereocenters. The molecule has 0 spiro atoms. The van der Waals surface area contributed by atoms with Crippen LogP contribution in [0, 0.1) is 11.3 Å². The number of morpholine rings is 1. The van der Waals surface area contributed by atoms with Crippen molar-refractivity contribution in [3.63, 3.8) is 0 Å². The normalized spacial score (nSPS) is 20.6. The third-order valence-corrected chi connectivity index (χ3v) is 7.34. The quantitative estimate of drug-likeness (QED) is 0.508. The average molecular weight is 512 g/mol. The largest absolute Gasteiger partial charge is 0.378 e. The van der Waals surface area contributed by atoms with E-state index >= 15 is 0 Å². The highest BCUT2D eigenvalue weighted by atomic mass is 16.5. The first-order chi connectivity index (χ1) is 18.5. The fourth-order valence-corrected chi connectivity index (χ4v) is 5.23. The minimum Gasteiger partial charge on any atom is -0.378 e. The van der Waals surface area contributed by atoms with Gasteiger partial charge in [-0.2, -0.15) is 5.26 Å². The second kappa shape index (κ2) is 11.6. The SMILES string of the molecule is N#CC1(NC(=O)C(Cc2ccc3ccccc3c2)NC(=O)N2CCOCC2)CCN(Cc2ccccc2)C1. The molecule has 0 radical (unpaired) electrons. The number of hydrogen-bond donors (Lipinski definition) is 2. The molecular weight excluding hydrogens is 478 g/mol. The van der Waals surface area contributed by atoms with E-state index in [1.807, 2.05) is 60.7 Å². The van der Waals surface area contributed by atoms with Crippen LogP contribution in [-0.2, 0) is 22.5 Å². The third kappa shape index (κ3) is 6.13. The van der Waals surface area contributed by atoms with Crippen LogP contribution in [0.2, 0.25) is 0 Å². The highest BCUT2D eigenvalue weighted by molar-refractivity contribution is 5.89. The summed E-state index contributed by atoms with van der Waals surface area (Å²) in [4.78, 5) is 30.6. The van der Waals surface area contributed by atoms with Gasteiger partial charge in [0.25, 0.3) is 0 Å². The van der Waals surface area contributed by atoms with Gasteiger partial charge in [0, 0.05) is 39.1 Å². The molecule has 8 nitrogen and oxygen atoms in total. The van der Waals surface area contributed by atoms with Crippen LogP contribution in [-0.4, -0.2) is 72.7 Å². The van der Waals surface area contributed by atoms with Crippen molar-refractivity contribution in [2.75, 3.05) is 39.4 Å². The maximum absolute atomic E-state index is 13.7. The fraction of sp³-hybridized carbons (Fsp3) is 0.367. The summed E-state index contributed by atoms with van der Waals surface area (Å²) in [6, 6.07) is 25.5. The van der Waals surface area contributed by atoms with E-state index in [0.717, 1.165) is 16.3 Å². The van der Waals surface area contributed by atoms with E-state index in [0.29, 0.717) is 58.8 Å². The number of benzene rings is 3. The molecule has 38 heavy (non-hydrogen) atoms. The molecule has 2 saturated heterocycles. The summed E-state index contributed by atoms with van der Waals surface area (Å²) in [5, 5.41) is 18.3. The molecule has 8 heteroatoms. The Hall–Kier alpha value is -3.93. The Morgan fingerprint density at radius 1 is 0.947 bits per heavy atom. The van der Waals surface area contributed by atoms with Gasteiger partial charge in [0.1, 0.15) is 11.6 Å². The lowest BCUT2D eigenvalue weighted by atomic mass is 9.97. The Morgan fingerprint density at radius 2 is 1.68 bits per heavy atom. The van der Waals surface area contributed by atoms with Crippen LogP contribution in [0.4, 0.5) is 4.79 Å². The summed E-state index contributed by atoms with van der Waals surface area (Å²) in [5.41, 5.74) is 1.10. The molecule has 2 N–H and O–H groups in total. The summed E-state index contributed by atoms with van der Waals surface area (Å²) in [5.74, 6) is -0.345. The van der Waals surface area contributed by atoms with E-state index in [4.69, 9.17) is 4.74 Å². The number of hydrogen-bond acceptors (Lipinski definition) is 5. The second-order valence-corrected chi connectivity index (χ2v) is 10.1. The number of likely N-dealkylation sites (tertiary alicyclic amines) is 1. The third-order valence-electron chi connectivity index (χ3n) is 7.34. The van der Waals surface area contributed by atoms with E-state index in [-0.39, 0.29) is 11.9 Å². The van der Waals surface area contributed by atoms with Crippen LogP contribution in [0.25, 0.3) is 10.8 Å². The molecule has 2 aliphatic rings. The van der Waals surface area contributed by atoms with E-state index in [2.05, 4.69) is 33.7 Å². The molecule has 3 amide bonds. The number of rotatable bonds is 7. The average Bonchev–Trinajstić information content (AvgIpc) is 3.36. The van der Waals surface area contributed by atoms with Crippen LogP contribution in [0.3, 0.4) is 0 Å². The number of ether oxygens (including phenoxy) is 1. The highest BCUT2D eigenvalue weighted by Gasteiger charge is 2.41. The van der Waals surface area contributed by atoms with Gasteiger partial charge in [0.15, 0.2) is 0 Å². The number of nitrogens with zero attached hydrogens (tertiary/aromatic N) is 3. The van der Waals surface area contributed by atoms with Gasteiger partial charge in [-0.1, -0.05) is 72.8 Å². The number of carbonyl (C=O) groups is 2. The zero-order chi connectivity index (χ0) is 26.4. The van der Waals surface area contributed by atoms with E-state index in [1.165, 1.54) is 5.56 Å². The Bertz CT molecular complexity index is 1320. The van der Waals surface area contributed by atoms with Crippen molar-refractivity contribution >= 4 is 22.7 Å². The van der Waals surface area contributed by atoms with Gasteiger partial charge in [-0.25, -0.2) is 4.79 Å². The molecule has 2 heterocycles. The Labute approximate surface area is 223 Å². The fourth-order valence-electron chi connectivity index (χ4n) is 5.23. The van der Waals surface area contributed by atoms with Gasteiger partial charge >= 0.3 is 6.03 Å². The molecule has 2 fully saturated rings. The Morgan fingerprint density at radius 3 is 2.45 bits per heavy atom. The molecule has 0 aromatic heterocycles. The van der Waals surface area contributed by atoms with Crippen LogP contribution in [0.15, 0.2) is 72.8 Å². The predicted octanol–water partition coefficient (Wildman–Crippen LogP) is 3.08. The lowest BCUT2D eigenvalue weighted by Gasteiger charge is -2.31. The van der Waals surface area contributed by atoms with Crippen molar-refractivity contribution in [3.8, 4) is 6.07 Å². The van der Waals surface area contributed by atoms with Crippen molar-refractivity contribution in [1.29, 1.82) is 5.26 Å². The lowest BCUT2D eigenvalue weighted by Crippen LogP contribution is -2.58. The maximum atomic E-state index is 13.7. The summed E-state index contributed by atoms with van der Waals surface area (Å²) in [6.07, 6.45) is 0.851. The van der Waals surface area contributed by atoms with Gasteiger partial charge in [-0.05, 0) is 28.3 Å². The minimum atomic E-state index is -1.00. The monoisotopic (exact) mass is 511 g/mol. The zero-order valence-corrected chi connectivity index (χ0v) is 21.4. The van der Waals surface area contributed by atoms with Gasteiger partial charge in [0.2, 0.25) is 5.91 Å². The molecule has 2 unspecified atom stereocenters. The molecule has 2 aliphatic heterocycles. The molecule has 5 rings (SSSR count). The predicted molar refractivity (Wildman–Crippen MR) is 145 cm³/mol. The molecule has 0 bridgehead atoms. The summed E-state index contributed by atoms with van der Waals surface area (Å²) in [7, 11) is 0. The topological polar surface area (TPSA) is 97.7 Å². The number of fused-ring (bicyclic) bond motifs is 1. The molecule has 3 aromatic rings. The molecule has 196 valence electrons. The van der Waals surface area contributed by atoms with Crippen LogP contribution < -0.4 is 10.6 Å². The lowest BCUT2D eigenvalue weighted by molar-refractivity contribution is -0.124. The number of nitriles is 1. The van der Waals surface area contributed by atoms with Crippen molar-refractivity contribution < 1.29 is 14.3 Å². The first kappa shape index (κ1) is 25.7. The minimum absolute atomic E-state index is 0.294. The van der Waals surface area contributed by atoms with Crippen LogP contribution >= 0.6 is 0 Å². The number of nitrogens with one attached hydrogen (secondary N) is 2. The molecular formula is C30H33N5O3. The number of amides is 3. The van der Waals surface area contributed by atoms with Crippen molar-refractivity contribution in [1.82, 2.24) is 20.4 Å². The Balaban J connectivity index is 1.31. The van der Waals surface area contributed by atoms with Gasteiger partial charge in [0.05, 0.1) is 19.3 Å². The highest BCUT2D eigenvalue weighted by Crippen LogP contribution is 2.23. The van der Waals surface area contributed by atoms with Crippen LogP contribution in [0.1, 0.15) is 17.5 Å². The molecule has 0 saturated carbocycles. The summed E-state index contributed by atoms with van der Waals surface area (Å²) < 4.78 is 5.37. The number of urea groups is 1.